The summed E-state index contributed by atoms with van der Waals surface area (Å²) in [4.78, 5) is 10.8. The number of hydrogen-bond donors (Lipinski definition) is 0. The van der Waals surface area contributed by atoms with E-state index in [9.17, 15) is 13.2 Å². The van der Waals surface area contributed by atoms with Gasteiger partial charge in [-0.1, -0.05) is 0 Å². The van der Waals surface area contributed by atoms with Crippen LogP contribution < -0.4 is 0 Å². The number of ether oxygens (including phenoxy) is 2. The maximum atomic E-state index is 11.6. The van der Waals surface area contributed by atoms with Gasteiger partial charge in [0.1, 0.15) is 0 Å². The van der Waals surface area contributed by atoms with Gasteiger partial charge in [0.15, 0.2) is 0 Å². The molecule has 0 aromatic heterocycles. The van der Waals surface area contributed by atoms with Crippen LogP contribution in [0.5, 0.6) is 0 Å². The molecule has 0 bridgehead atoms. The van der Waals surface area contributed by atoms with Crippen molar-refractivity contribution < 1.29 is 22.7 Å². The van der Waals surface area contributed by atoms with Crippen LogP contribution in [0, 0.1) is 0 Å². The molecule has 0 spiro atoms. The maximum Gasteiger partial charge on any atom is 0.305 e. The fourth-order valence-corrected chi connectivity index (χ4v) is 2.13. The van der Waals surface area contributed by atoms with E-state index in [4.69, 9.17) is 4.74 Å². The Balaban J connectivity index is 3.95. The molecule has 0 aromatic carbocycles. The lowest BCUT2D eigenvalue weighted by molar-refractivity contribution is -0.140. The molecule has 0 saturated heterocycles. The van der Waals surface area contributed by atoms with Gasteiger partial charge >= 0.3 is 5.97 Å². The van der Waals surface area contributed by atoms with E-state index < -0.39 is 10.0 Å². The van der Waals surface area contributed by atoms with Gasteiger partial charge in [0.05, 0.1) is 19.5 Å². The summed E-state index contributed by atoms with van der Waals surface area (Å²) in [6, 6.07) is 0. The van der Waals surface area contributed by atoms with E-state index in [1.54, 1.807) is 0 Å². The third kappa shape index (κ3) is 6.04. The van der Waals surface area contributed by atoms with E-state index >= 15 is 0 Å². The Labute approximate surface area is 96.6 Å². The van der Waals surface area contributed by atoms with E-state index in [-0.39, 0.29) is 24.7 Å². The van der Waals surface area contributed by atoms with Crippen LogP contribution in [0.2, 0.25) is 0 Å². The fraction of sp³-hybridized carbons (Fsp3) is 0.889. The second-order valence-corrected chi connectivity index (χ2v) is 5.51. The first kappa shape index (κ1) is 15.3. The van der Waals surface area contributed by atoms with E-state index in [0.29, 0.717) is 13.0 Å². The molecule has 0 radical (unpaired) electrons. The van der Waals surface area contributed by atoms with Gasteiger partial charge in [0.2, 0.25) is 10.0 Å². The summed E-state index contributed by atoms with van der Waals surface area (Å²) in [6.07, 6.45) is 0.677. The lowest BCUT2D eigenvalue weighted by atomic mass is 10.3. The second-order valence-electron chi connectivity index (χ2n) is 3.31. The molecule has 96 valence electrons. The summed E-state index contributed by atoms with van der Waals surface area (Å²) >= 11 is 0. The number of methoxy groups -OCH3 is 2. The van der Waals surface area contributed by atoms with E-state index in [1.165, 1.54) is 25.6 Å². The Morgan fingerprint density at radius 2 is 1.94 bits per heavy atom. The molecule has 0 saturated carbocycles. The van der Waals surface area contributed by atoms with Crippen molar-refractivity contribution in [1.82, 2.24) is 4.31 Å². The maximum absolute atomic E-state index is 11.6. The van der Waals surface area contributed by atoms with Crippen molar-refractivity contribution in [3.05, 3.63) is 0 Å². The van der Waals surface area contributed by atoms with E-state index in [2.05, 4.69) is 4.74 Å². The molecule has 0 aliphatic heterocycles. The van der Waals surface area contributed by atoms with Crippen LogP contribution in [0.25, 0.3) is 0 Å². The zero-order chi connectivity index (χ0) is 12.6. The van der Waals surface area contributed by atoms with E-state index in [1.807, 2.05) is 0 Å². The van der Waals surface area contributed by atoms with Gasteiger partial charge in [0, 0.05) is 27.1 Å². The van der Waals surface area contributed by atoms with E-state index in [0.717, 1.165) is 0 Å². The Hall–Kier alpha value is -0.660. The molecule has 0 aliphatic carbocycles. The summed E-state index contributed by atoms with van der Waals surface area (Å²) in [7, 11) is 0.976. The van der Waals surface area contributed by atoms with Gasteiger partial charge in [-0.15, -0.1) is 0 Å². The van der Waals surface area contributed by atoms with Crippen molar-refractivity contribution in [2.24, 2.45) is 0 Å². The van der Waals surface area contributed by atoms with Crippen LogP contribution >= 0.6 is 0 Å². The number of carbonyl (C=O) groups is 1. The number of rotatable bonds is 8. The molecule has 0 rings (SSSR count). The number of nitrogens with zero attached hydrogens (tertiary/aromatic N) is 1. The van der Waals surface area contributed by atoms with Crippen molar-refractivity contribution >= 4 is 16.0 Å². The predicted octanol–water partition coefficient (Wildman–Crippen LogP) is -0.152. The van der Waals surface area contributed by atoms with Crippen molar-refractivity contribution in [3.8, 4) is 0 Å². The lowest BCUT2D eigenvalue weighted by Crippen LogP contribution is -2.31. The molecule has 7 heteroatoms. The lowest BCUT2D eigenvalue weighted by Gasteiger charge is -2.16. The quantitative estimate of drug-likeness (QED) is 0.562. The minimum atomic E-state index is -3.27. The molecular weight excluding hydrogens is 234 g/mol. The van der Waals surface area contributed by atoms with Crippen molar-refractivity contribution in [1.29, 1.82) is 0 Å². The molecule has 0 amide bonds. The summed E-state index contributed by atoms with van der Waals surface area (Å²) < 4.78 is 33.5. The monoisotopic (exact) mass is 253 g/mol. The average molecular weight is 253 g/mol. The fourth-order valence-electron chi connectivity index (χ4n) is 1.03. The minimum Gasteiger partial charge on any atom is -0.469 e. The third-order valence-corrected chi connectivity index (χ3v) is 3.92. The normalized spacial score (nSPS) is 11.8. The van der Waals surface area contributed by atoms with Gasteiger partial charge in [-0.05, 0) is 6.42 Å². The minimum absolute atomic E-state index is 0.0434. The van der Waals surface area contributed by atoms with Crippen LogP contribution in [0.4, 0.5) is 0 Å². The summed E-state index contributed by atoms with van der Waals surface area (Å²) in [6.45, 7) is 0.477. The SMILES string of the molecule is COCCS(=O)(=O)N(C)CCCC(=O)OC. The Kier molecular flexibility index (Phi) is 7.27. The molecule has 0 aliphatic rings. The van der Waals surface area contributed by atoms with Crippen LogP contribution in [0.15, 0.2) is 0 Å². The molecule has 0 unspecified atom stereocenters. The Bertz CT molecular complexity index is 301. The Morgan fingerprint density at radius 3 is 2.44 bits per heavy atom. The van der Waals surface area contributed by atoms with Crippen LogP contribution in [0.1, 0.15) is 12.8 Å². The van der Waals surface area contributed by atoms with Crippen molar-refractivity contribution in [2.45, 2.75) is 12.8 Å². The van der Waals surface area contributed by atoms with Gasteiger partial charge in [-0.3, -0.25) is 4.79 Å². The standard InChI is InChI=1S/C9H19NO5S/c1-10(6-4-5-9(11)15-3)16(12,13)8-7-14-2/h4-8H2,1-3H3. The van der Waals surface area contributed by atoms with Gasteiger partial charge in [-0.25, -0.2) is 12.7 Å². The molecule has 0 aromatic rings. The number of hydrogen-bond acceptors (Lipinski definition) is 5. The smallest absolute Gasteiger partial charge is 0.305 e. The number of sulfonamides is 1. The zero-order valence-corrected chi connectivity index (χ0v) is 10.7. The summed E-state index contributed by atoms with van der Waals surface area (Å²) in [5.41, 5.74) is 0. The highest BCUT2D eigenvalue weighted by Crippen LogP contribution is 2.02. The van der Waals surface area contributed by atoms with Gasteiger partial charge in [-0.2, -0.15) is 0 Å². The first-order chi connectivity index (χ1) is 7.44. The molecule has 16 heavy (non-hydrogen) atoms. The highest BCUT2D eigenvalue weighted by atomic mass is 32.2. The molecule has 0 fully saturated rings. The third-order valence-electron chi connectivity index (χ3n) is 2.10. The predicted molar refractivity (Wildman–Crippen MR) is 59.5 cm³/mol. The molecule has 6 nitrogen and oxygen atoms in total. The first-order valence-corrected chi connectivity index (χ1v) is 6.54. The van der Waals surface area contributed by atoms with Crippen molar-refractivity contribution in [3.63, 3.8) is 0 Å². The van der Waals surface area contributed by atoms with Gasteiger partial charge < -0.3 is 9.47 Å². The summed E-state index contributed by atoms with van der Waals surface area (Å²) in [5.74, 6) is -0.374. The van der Waals surface area contributed by atoms with Crippen LogP contribution in [-0.4, -0.2) is 58.9 Å². The number of esters is 1. The highest BCUT2D eigenvalue weighted by Gasteiger charge is 2.17. The summed E-state index contributed by atoms with van der Waals surface area (Å²) in [5, 5.41) is 0. The molecule has 0 heterocycles. The Morgan fingerprint density at radius 1 is 1.31 bits per heavy atom. The highest BCUT2D eigenvalue weighted by molar-refractivity contribution is 7.89. The average Bonchev–Trinajstić information content (AvgIpc) is 2.25. The largest absolute Gasteiger partial charge is 0.469 e. The second kappa shape index (κ2) is 7.59. The molecule has 0 N–H and O–H groups in total. The first-order valence-electron chi connectivity index (χ1n) is 4.93. The number of carbonyl (C=O) groups excluding carboxylic acids is 1. The van der Waals surface area contributed by atoms with Crippen molar-refractivity contribution in [2.75, 3.05) is 40.2 Å². The molecular formula is C9H19NO5S. The van der Waals surface area contributed by atoms with Crippen LogP contribution in [-0.2, 0) is 24.3 Å². The van der Waals surface area contributed by atoms with Crippen LogP contribution in [0.3, 0.4) is 0 Å². The zero-order valence-electron chi connectivity index (χ0n) is 9.93. The van der Waals surface area contributed by atoms with Gasteiger partial charge in [0.25, 0.3) is 0 Å². The molecule has 0 atom stereocenters. The topological polar surface area (TPSA) is 72.9 Å².